The van der Waals surface area contributed by atoms with Crippen molar-refractivity contribution in [3.8, 4) is 6.07 Å². The van der Waals surface area contributed by atoms with Crippen LogP contribution in [-0.4, -0.2) is 22.9 Å². The SMILES string of the molecule is N#Cc1c(F)cc(C(O)C(O)CCN)cc1F. The van der Waals surface area contributed by atoms with Crippen LogP contribution in [-0.2, 0) is 0 Å². The summed E-state index contributed by atoms with van der Waals surface area (Å²) in [6.07, 6.45) is -2.54. The summed E-state index contributed by atoms with van der Waals surface area (Å²) >= 11 is 0. The van der Waals surface area contributed by atoms with Crippen molar-refractivity contribution in [1.82, 2.24) is 0 Å². The van der Waals surface area contributed by atoms with E-state index in [0.29, 0.717) is 0 Å². The van der Waals surface area contributed by atoms with Gasteiger partial charge in [0.05, 0.1) is 6.10 Å². The third-order valence-corrected chi connectivity index (χ3v) is 2.34. The highest BCUT2D eigenvalue weighted by molar-refractivity contribution is 5.36. The molecule has 0 saturated heterocycles. The number of nitrogens with zero attached hydrogens (tertiary/aromatic N) is 1. The zero-order valence-electron chi connectivity index (χ0n) is 8.90. The van der Waals surface area contributed by atoms with E-state index in [1.54, 1.807) is 0 Å². The molecule has 0 radical (unpaired) electrons. The van der Waals surface area contributed by atoms with Gasteiger partial charge in [0.2, 0.25) is 0 Å². The molecule has 2 atom stereocenters. The molecule has 0 saturated carbocycles. The Morgan fingerprint density at radius 3 is 2.24 bits per heavy atom. The summed E-state index contributed by atoms with van der Waals surface area (Å²) < 4.78 is 26.5. The quantitative estimate of drug-likeness (QED) is 0.720. The Labute approximate surface area is 96.9 Å². The summed E-state index contributed by atoms with van der Waals surface area (Å²) in [7, 11) is 0. The van der Waals surface area contributed by atoms with Crippen molar-refractivity contribution >= 4 is 0 Å². The van der Waals surface area contributed by atoms with E-state index < -0.39 is 29.4 Å². The lowest BCUT2D eigenvalue weighted by atomic mass is 10.0. The van der Waals surface area contributed by atoms with Crippen LogP contribution in [0.5, 0.6) is 0 Å². The molecule has 0 fully saturated rings. The van der Waals surface area contributed by atoms with Gasteiger partial charge in [-0.25, -0.2) is 8.78 Å². The van der Waals surface area contributed by atoms with Gasteiger partial charge in [-0.15, -0.1) is 0 Å². The number of benzene rings is 1. The third-order valence-electron chi connectivity index (χ3n) is 2.34. The first-order valence-corrected chi connectivity index (χ1v) is 4.96. The molecule has 6 heteroatoms. The average Bonchev–Trinajstić information content (AvgIpc) is 2.27. The van der Waals surface area contributed by atoms with Crippen LogP contribution in [0.2, 0.25) is 0 Å². The number of hydrogen-bond acceptors (Lipinski definition) is 4. The maximum Gasteiger partial charge on any atom is 0.144 e. The van der Waals surface area contributed by atoms with Gasteiger partial charge in [0.1, 0.15) is 29.4 Å². The minimum Gasteiger partial charge on any atom is -0.390 e. The van der Waals surface area contributed by atoms with Crippen LogP contribution in [0.25, 0.3) is 0 Å². The second kappa shape index (κ2) is 5.68. The maximum atomic E-state index is 13.2. The number of nitriles is 1. The van der Waals surface area contributed by atoms with Crippen LogP contribution in [0.1, 0.15) is 23.7 Å². The maximum absolute atomic E-state index is 13.2. The van der Waals surface area contributed by atoms with Crippen molar-refractivity contribution in [3.63, 3.8) is 0 Å². The van der Waals surface area contributed by atoms with Crippen LogP contribution >= 0.6 is 0 Å². The zero-order valence-corrected chi connectivity index (χ0v) is 8.90. The topological polar surface area (TPSA) is 90.3 Å². The van der Waals surface area contributed by atoms with E-state index >= 15 is 0 Å². The molecule has 0 spiro atoms. The second-order valence-corrected chi connectivity index (χ2v) is 3.56. The lowest BCUT2D eigenvalue weighted by Gasteiger charge is -2.17. The summed E-state index contributed by atoms with van der Waals surface area (Å²) in [5.41, 5.74) is 4.35. The molecule has 92 valence electrons. The Morgan fingerprint density at radius 1 is 1.29 bits per heavy atom. The van der Waals surface area contributed by atoms with Crippen LogP contribution < -0.4 is 5.73 Å². The fourth-order valence-corrected chi connectivity index (χ4v) is 1.42. The second-order valence-electron chi connectivity index (χ2n) is 3.56. The molecule has 0 aliphatic carbocycles. The number of nitrogens with two attached hydrogens (primary N) is 1. The van der Waals surface area contributed by atoms with Crippen LogP contribution in [0.4, 0.5) is 8.78 Å². The van der Waals surface area contributed by atoms with E-state index in [0.717, 1.165) is 12.1 Å². The van der Waals surface area contributed by atoms with Crippen molar-refractivity contribution in [2.24, 2.45) is 5.73 Å². The first kappa shape index (κ1) is 13.5. The normalized spacial score (nSPS) is 14.1. The van der Waals surface area contributed by atoms with E-state index in [1.807, 2.05) is 0 Å². The van der Waals surface area contributed by atoms with E-state index in [1.165, 1.54) is 6.07 Å². The molecule has 17 heavy (non-hydrogen) atoms. The summed E-state index contributed by atoms with van der Waals surface area (Å²) in [4.78, 5) is 0. The fourth-order valence-electron chi connectivity index (χ4n) is 1.42. The van der Waals surface area contributed by atoms with Gasteiger partial charge in [-0.3, -0.25) is 0 Å². The molecule has 2 unspecified atom stereocenters. The molecule has 4 nitrogen and oxygen atoms in total. The molecular formula is C11H12F2N2O2. The Hall–Kier alpha value is -1.55. The van der Waals surface area contributed by atoms with Gasteiger partial charge in [-0.05, 0) is 30.7 Å². The molecule has 0 bridgehead atoms. The third kappa shape index (κ3) is 2.97. The molecule has 0 aliphatic rings. The minimum atomic E-state index is -1.43. The van der Waals surface area contributed by atoms with Gasteiger partial charge < -0.3 is 15.9 Å². The highest BCUT2D eigenvalue weighted by Crippen LogP contribution is 2.23. The van der Waals surface area contributed by atoms with Crippen molar-refractivity contribution in [3.05, 3.63) is 34.9 Å². The number of rotatable bonds is 4. The summed E-state index contributed by atoms with van der Waals surface area (Å²) in [5, 5.41) is 27.5. The molecule has 1 rings (SSSR count). The van der Waals surface area contributed by atoms with E-state index in [4.69, 9.17) is 11.0 Å². The van der Waals surface area contributed by atoms with Crippen molar-refractivity contribution in [2.75, 3.05) is 6.54 Å². The Kier molecular flexibility index (Phi) is 4.52. The molecular weight excluding hydrogens is 230 g/mol. The largest absolute Gasteiger partial charge is 0.390 e. The lowest BCUT2D eigenvalue weighted by molar-refractivity contribution is 0.0147. The number of aliphatic hydroxyl groups is 2. The molecule has 4 N–H and O–H groups in total. The highest BCUT2D eigenvalue weighted by atomic mass is 19.1. The highest BCUT2D eigenvalue weighted by Gasteiger charge is 2.21. The zero-order chi connectivity index (χ0) is 13.0. The van der Waals surface area contributed by atoms with E-state index in [-0.39, 0.29) is 18.5 Å². The number of hydrogen-bond donors (Lipinski definition) is 3. The summed E-state index contributed by atoms with van der Waals surface area (Å²) in [6, 6.07) is 3.02. The van der Waals surface area contributed by atoms with Crippen molar-refractivity contribution in [1.29, 1.82) is 5.26 Å². The van der Waals surface area contributed by atoms with Gasteiger partial charge >= 0.3 is 0 Å². The van der Waals surface area contributed by atoms with Crippen LogP contribution in [0.15, 0.2) is 12.1 Å². The predicted octanol–water partition coefficient (Wildman–Crippen LogP) is 0.580. The predicted molar refractivity (Wildman–Crippen MR) is 55.7 cm³/mol. The Morgan fingerprint density at radius 2 is 1.82 bits per heavy atom. The first-order chi connectivity index (χ1) is 8.01. The number of halogens is 2. The lowest BCUT2D eigenvalue weighted by Crippen LogP contribution is -2.22. The van der Waals surface area contributed by atoms with Gasteiger partial charge in [-0.2, -0.15) is 5.26 Å². The van der Waals surface area contributed by atoms with Gasteiger partial charge in [-0.1, -0.05) is 0 Å². The molecule has 0 heterocycles. The molecule has 0 aliphatic heterocycles. The summed E-state index contributed by atoms with van der Waals surface area (Å²) in [5.74, 6) is -2.14. The molecule has 0 amide bonds. The molecule has 1 aromatic carbocycles. The average molecular weight is 242 g/mol. The Balaban J connectivity index is 3.05. The van der Waals surface area contributed by atoms with E-state index in [9.17, 15) is 19.0 Å². The molecule has 1 aromatic rings. The van der Waals surface area contributed by atoms with Gasteiger partial charge in [0, 0.05) is 0 Å². The fraction of sp³-hybridized carbons (Fsp3) is 0.364. The summed E-state index contributed by atoms with van der Waals surface area (Å²) in [6.45, 7) is 0.138. The monoisotopic (exact) mass is 242 g/mol. The Bertz CT molecular complexity index is 423. The van der Waals surface area contributed by atoms with Crippen molar-refractivity contribution in [2.45, 2.75) is 18.6 Å². The molecule has 0 aromatic heterocycles. The first-order valence-electron chi connectivity index (χ1n) is 4.96. The standard InChI is InChI=1S/C11H12F2N2O2/c12-8-3-6(4-9(13)7(8)5-15)11(17)10(16)1-2-14/h3-4,10-11,16-17H,1-2,14H2. The van der Waals surface area contributed by atoms with Gasteiger partial charge in [0.15, 0.2) is 0 Å². The number of aliphatic hydroxyl groups excluding tert-OH is 2. The van der Waals surface area contributed by atoms with Crippen LogP contribution in [0.3, 0.4) is 0 Å². The van der Waals surface area contributed by atoms with Crippen LogP contribution in [0, 0.1) is 23.0 Å². The van der Waals surface area contributed by atoms with E-state index in [2.05, 4.69) is 0 Å². The van der Waals surface area contributed by atoms with Crippen molar-refractivity contribution < 1.29 is 19.0 Å². The minimum absolute atomic E-state index is 0.102. The van der Waals surface area contributed by atoms with Gasteiger partial charge in [0.25, 0.3) is 0 Å². The smallest absolute Gasteiger partial charge is 0.144 e.